The second kappa shape index (κ2) is 30.0. The lowest BCUT2D eigenvalue weighted by Gasteiger charge is -2.23. The highest BCUT2D eigenvalue weighted by atomic mass is 19.1. The predicted molar refractivity (Wildman–Crippen MR) is 312 cm³/mol. The molecule has 0 nitrogen and oxygen atoms in total. The standard InChI is InChI=1S/C21H22.C14H20.C13H11F.C11H16.C7H10.C2H6/c1-7-15-14(4)12-19-20(16(15)8-2)17-10-9-13(3)11-18(17)21(19,5)6;1-6-9-14(10-7-2)13(5)11-12(4)8-3;1-10-6-5-9-12(13(10)14)11-7-3-2-4-8-11;1-9-5-7-10(8-6-9)11(2,3)4;1-4-6-7(3)5-2;1-2/h7-12H,1-2H2,3-6H3;6-11H,1H2,2-5H3;2-9H,1H3;5-8H,1-4H3;4-6H,1-2H2,3H3;1-2H3/b;10-7-,12-8-,13-11+,14-9+;;;7-6-;. The molecule has 364 valence electrons. The van der Waals surface area contributed by atoms with E-state index in [9.17, 15) is 4.39 Å². The molecule has 0 amide bonds. The van der Waals surface area contributed by atoms with Crippen molar-refractivity contribution in [3.05, 3.63) is 263 Å². The molecule has 0 fully saturated rings. The van der Waals surface area contributed by atoms with Crippen LogP contribution in [0.4, 0.5) is 4.39 Å². The molecule has 5 aromatic carbocycles. The van der Waals surface area contributed by atoms with E-state index in [4.69, 9.17) is 0 Å². The lowest BCUT2D eigenvalue weighted by Crippen LogP contribution is -2.15. The van der Waals surface area contributed by atoms with Crippen LogP contribution in [-0.4, -0.2) is 0 Å². The van der Waals surface area contributed by atoms with Gasteiger partial charge in [0.15, 0.2) is 0 Å². The Labute approximate surface area is 421 Å². The Morgan fingerprint density at radius 2 is 1.19 bits per heavy atom. The van der Waals surface area contributed by atoms with Crippen molar-refractivity contribution in [2.45, 2.75) is 122 Å². The number of rotatable bonds is 9. The van der Waals surface area contributed by atoms with E-state index in [2.05, 4.69) is 169 Å². The second-order valence-electron chi connectivity index (χ2n) is 18.5. The quantitative estimate of drug-likeness (QED) is 0.129. The average molecular weight is 921 g/mol. The molecule has 0 aliphatic heterocycles. The number of fused-ring (bicyclic) bond motifs is 3. The van der Waals surface area contributed by atoms with Crippen LogP contribution >= 0.6 is 0 Å². The van der Waals surface area contributed by atoms with Crippen LogP contribution in [0.15, 0.2) is 207 Å². The Morgan fingerprint density at radius 1 is 0.609 bits per heavy atom. The number of benzene rings is 5. The largest absolute Gasteiger partial charge is 0.206 e. The maximum absolute atomic E-state index is 13.7. The molecule has 0 saturated carbocycles. The Bertz CT molecular complexity index is 2620. The molecular formula is C68H85F. The van der Waals surface area contributed by atoms with Crippen LogP contribution in [0.2, 0.25) is 0 Å². The van der Waals surface area contributed by atoms with Crippen molar-refractivity contribution < 1.29 is 4.39 Å². The van der Waals surface area contributed by atoms with Gasteiger partial charge in [-0.25, -0.2) is 4.39 Å². The highest BCUT2D eigenvalue weighted by Crippen LogP contribution is 2.51. The summed E-state index contributed by atoms with van der Waals surface area (Å²) in [5, 5.41) is 0. The minimum Gasteiger partial charge on any atom is -0.206 e. The summed E-state index contributed by atoms with van der Waals surface area (Å²) in [4.78, 5) is 0. The fraction of sp³-hybridized carbons (Fsp3) is 0.265. The van der Waals surface area contributed by atoms with Crippen LogP contribution < -0.4 is 0 Å². The molecule has 1 aliphatic rings. The zero-order valence-electron chi connectivity index (χ0n) is 45.5. The number of halogens is 1. The first kappa shape index (κ1) is 60.4. The summed E-state index contributed by atoms with van der Waals surface area (Å²) < 4.78 is 13.7. The van der Waals surface area contributed by atoms with E-state index < -0.39 is 0 Å². The normalized spacial score (nSPS) is 12.5. The smallest absolute Gasteiger partial charge is 0.133 e. The van der Waals surface area contributed by atoms with E-state index in [-0.39, 0.29) is 16.6 Å². The van der Waals surface area contributed by atoms with E-state index in [0.29, 0.717) is 11.1 Å². The SMILES string of the molecule is C=C/C=C(/C)C=C.C=C/C=C(\C=C/C)C(/C)=C/C(C)=C\C.C=Cc1c(C)cc2c(c1C=C)-c1ccc(C)cc1C2(C)C.CC.Cc1ccc(C(C)(C)C)cc1.Cc1cccc(-c2ccccc2)c1F. The van der Waals surface area contributed by atoms with Crippen molar-refractivity contribution in [2.75, 3.05) is 0 Å². The molecule has 6 rings (SSSR count). The number of hydrogen-bond acceptors (Lipinski definition) is 0. The molecule has 0 heterocycles. The zero-order valence-corrected chi connectivity index (χ0v) is 45.5. The van der Waals surface area contributed by atoms with Gasteiger partial charge in [-0.15, -0.1) is 0 Å². The average Bonchev–Trinajstić information content (AvgIpc) is 3.55. The van der Waals surface area contributed by atoms with Gasteiger partial charge < -0.3 is 0 Å². The molecule has 0 radical (unpaired) electrons. The number of allylic oxidation sites excluding steroid dienone is 13. The van der Waals surface area contributed by atoms with E-state index in [0.717, 1.165) is 11.1 Å². The highest BCUT2D eigenvalue weighted by molar-refractivity contribution is 5.91. The number of aryl methyl sites for hydroxylation is 4. The minimum atomic E-state index is -0.126. The third kappa shape index (κ3) is 18.1. The van der Waals surface area contributed by atoms with Gasteiger partial charge in [0.2, 0.25) is 0 Å². The highest BCUT2D eigenvalue weighted by Gasteiger charge is 2.37. The minimum absolute atomic E-state index is 0.0406. The van der Waals surface area contributed by atoms with Gasteiger partial charge in [0, 0.05) is 11.0 Å². The molecule has 0 atom stereocenters. The summed E-state index contributed by atoms with van der Waals surface area (Å²) in [6.07, 6.45) is 21.6. The fourth-order valence-electron chi connectivity index (χ4n) is 7.59. The van der Waals surface area contributed by atoms with Gasteiger partial charge in [-0.05, 0) is 135 Å². The monoisotopic (exact) mass is 921 g/mol. The molecule has 0 N–H and O–H groups in total. The van der Waals surface area contributed by atoms with Gasteiger partial charge in [-0.3, -0.25) is 0 Å². The van der Waals surface area contributed by atoms with Crippen molar-refractivity contribution in [2.24, 2.45) is 0 Å². The molecule has 0 unspecified atom stereocenters. The third-order valence-electron chi connectivity index (χ3n) is 11.7. The van der Waals surface area contributed by atoms with Gasteiger partial charge in [-0.2, -0.15) is 0 Å². The molecule has 0 aromatic heterocycles. The first-order valence-electron chi connectivity index (χ1n) is 24.3. The molecule has 69 heavy (non-hydrogen) atoms. The third-order valence-corrected chi connectivity index (χ3v) is 11.7. The number of hydrogen-bond donors (Lipinski definition) is 0. The Hall–Kier alpha value is -6.57. The van der Waals surface area contributed by atoms with Gasteiger partial charge in [0.05, 0.1) is 0 Å². The van der Waals surface area contributed by atoms with E-state index >= 15 is 0 Å². The topological polar surface area (TPSA) is 0 Å². The van der Waals surface area contributed by atoms with Gasteiger partial charge >= 0.3 is 0 Å². The lowest BCUT2D eigenvalue weighted by atomic mass is 9.80. The van der Waals surface area contributed by atoms with Crippen molar-refractivity contribution in [1.82, 2.24) is 0 Å². The molecule has 1 heteroatoms. The molecule has 1 aliphatic carbocycles. The van der Waals surface area contributed by atoms with E-state index in [1.54, 1.807) is 31.2 Å². The maximum Gasteiger partial charge on any atom is 0.133 e. The van der Waals surface area contributed by atoms with Crippen molar-refractivity contribution in [3.8, 4) is 22.3 Å². The second-order valence-corrected chi connectivity index (χ2v) is 18.5. The molecule has 0 spiro atoms. The van der Waals surface area contributed by atoms with Crippen molar-refractivity contribution >= 4 is 12.2 Å². The van der Waals surface area contributed by atoms with Crippen LogP contribution in [0.5, 0.6) is 0 Å². The van der Waals surface area contributed by atoms with Crippen LogP contribution in [0.3, 0.4) is 0 Å². The summed E-state index contributed by atoms with van der Waals surface area (Å²) in [6.45, 7) is 52.7. The van der Waals surface area contributed by atoms with Gasteiger partial charge in [0.1, 0.15) is 5.82 Å². The summed E-state index contributed by atoms with van der Waals surface area (Å²) in [6, 6.07) is 32.9. The van der Waals surface area contributed by atoms with Crippen LogP contribution in [-0.2, 0) is 10.8 Å². The molecule has 0 bridgehead atoms. The summed E-state index contributed by atoms with van der Waals surface area (Å²) >= 11 is 0. The van der Waals surface area contributed by atoms with Crippen LogP contribution in [0, 0.1) is 33.5 Å². The Balaban J connectivity index is 0.000000445. The molecular weight excluding hydrogens is 836 g/mol. The summed E-state index contributed by atoms with van der Waals surface area (Å²) in [7, 11) is 0. The van der Waals surface area contributed by atoms with Gasteiger partial charge in [-0.1, -0.05) is 268 Å². The van der Waals surface area contributed by atoms with Crippen LogP contribution in [0.1, 0.15) is 133 Å². The van der Waals surface area contributed by atoms with Gasteiger partial charge in [0.25, 0.3) is 0 Å². The Morgan fingerprint density at radius 3 is 1.68 bits per heavy atom. The first-order valence-corrected chi connectivity index (χ1v) is 24.3. The van der Waals surface area contributed by atoms with E-state index in [1.807, 2.05) is 107 Å². The lowest BCUT2D eigenvalue weighted by molar-refractivity contribution is 0.590. The summed E-state index contributed by atoms with van der Waals surface area (Å²) in [5.74, 6) is -0.126. The zero-order chi connectivity index (χ0) is 52.5. The first-order chi connectivity index (χ1) is 32.7. The fourth-order valence-corrected chi connectivity index (χ4v) is 7.59. The molecule has 0 saturated heterocycles. The maximum atomic E-state index is 13.7. The Kier molecular flexibility index (Phi) is 26.3. The molecule has 5 aromatic rings. The van der Waals surface area contributed by atoms with Crippen molar-refractivity contribution in [1.29, 1.82) is 0 Å². The van der Waals surface area contributed by atoms with E-state index in [1.165, 1.54) is 72.4 Å². The predicted octanol–water partition coefficient (Wildman–Crippen LogP) is 20.9. The summed E-state index contributed by atoms with van der Waals surface area (Å²) in [5.41, 5.74) is 20.8. The van der Waals surface area contributed by atoms with Crippen LogP contribution in [0.25, 0.3) is 34.4 Å². The van der Waals surface area contributed by atoms with Crippen molar-refractivity contribution in [3.63, 3.8) is 0 Å².